The minimum atomic E-state index is 0.180. The molecule has 3 rings (SSSR count). The second-order valence-corrected chi connectivity index (χ2v) is 8.59. The number of hydrogen-bond acceptors (Lipinski definition) is 4. The van der Waals surface area contributed by atoms with Gasteiger partial charge in [0.25, 0.3) is 0 Å². The van der Waals surface area contributed by atoms with Gasteiger partial charge in [-0.05, 0) is 54.2 Å². The summed E-state index contributed by atoms with van der Waals surface area (Å²) in [5.74, 6) is 0. The largest absolute Gasteiger partial charge is 0.304 e. The summed E-state index contributed by atoms with van der Waals surface area (Å²) < 4.78 is 1.79. The van der Waals surface area contributed by atoms with Crippen molar-refractivity contribution in [3.05, 3.63) is 35.3 Å². The van der Waals surface area contributed by atoms with Crippen molar-refractivity contribution >= 4 is 50.2 Å². The first-order valence-corrected chi connectivity index (χ1v) is 9.66. The first-order chi connectivity index (χ1) is 9.69. The first-order valence-electron chi connectivity index (χ1n) is 6.85. The van der Waals surface area contributed by atoms with E-state index in [1.807, 2.05) is 11.3 Å². The van der Waals surface area contributed by atoms with Crippen LogP contribution in [-0.2, 0) is 12.8 Å². The molecule has 1 atom stereocenters. The van der Waals surface area contributed by atoms with Gasteiger partial charge >= 0.3 is 0 Å². The van der Waals surface area contributed by atoms with Crippen LogP contribution in [0.15, 0.2) is 10.5 Å². The molecular formula is C14H16BrClN2S2. The summed E-state index contributed by atoms with van der Waals surface area (Å²) in [7, 11) is 0. The number of aryl methyl sites for hydroxylation is 2. The van der Waals surface area contributed by atoms with E-state index in [4.69, 9.17) is 16.6 Å². The zero-order valence-electron chi connectivity index (χ0n) is 11.2. The molecule has 0 saturated carbocycles. The van der Waals surface area contributed by atoms with Gasteiger partial charge in [-0.15, -0.1) is 22.7 Å². The van der Waals surface area contributed by atoms with Gasteiger partial charge in [-0.2, -0.15) is 0 Å². The molecule has 0 amide bonds. The molecule has 2 aromatic heterocycles. The maximum Gasteiger partial charge on any atom is 0.115 e. The highest BCUT2D eigenvalue weighted by Gasteiger charge is 2.24. The Morgan fingerprint density at radius 3 is 2.95 bits per heavy atom. The fourth-order valence-corrected chi connectivity index (χ4v) is 5.58. The van der Waals surface area contributed by atoms with E-state index in [1.54, 1.807) is 11.3 Å². The monoisotopic (exact) mass is 390 g/mol. The molecule has 6 heteroatoms. The van der Waals surface area contributed by atoms with Crippen LogP contribution in [0.2, 0.25) is 4.34 Å². The molecule has 1 unspecified atom stereocenters. The molecule has 0 bridgehead atoms. The lowest BCUT2D eigenvalue weighted by molar-refractivity contribution is 0.601. The van der Waals surface area contributed by atoms with E-state index in [9.17, 15) is 0 Å². The number of halogens is 2. The maximum absolute atomic E-state index is 6.20. The second kappa shape index (κ2) is 6.44. The highest BCUT2D eigenvalue weighted by molar-refractivity contribution is 9.10. The summed E-state index contributed by atoms with van der Waals surface area (Å²) in [5.41, 5.74) is 1.31. The number of nitrogens with zero attached hydrogens (tertiary/aromatic N) is 1. The minimum absolute atomic E-state index is 0.180. The molecular weight excluding hydrogens is 376 g/mol. The molecule has 0 radical (unpaired) electrons. The predicted molar refractivity (Wildman–Crippen MR) is 91.3 cm³/mol. The van der Waals surface area contributed by atoms with Gasteiger partial charge in [-0.3, -0.25) is 0 Å². The first kappa shape index (κ1) is 15.0. The van der Waals surface area contributed by atoms with Crippen LogP contribution in [0.3, 0.4) is 0 Å². The predicted octanol–water partition coefficient (Wildman–Crippen LogP) is 5.20. The van der Waals surface area contributed by atoms with Gasteiger partial charge in [0.05, 0.1) is 11.7 Å². The van der Waals surface area contributed by atoms with Crippen LogP contribution in [0.25, 0.3) is 0 Å². The van der Waals surface area contributed by atoms with Crippen LogP contribution >= 0.6 is 50.2 Å². The Morgan fingerprint density at radius 1 is 1.45 bits per heavy atom. The number of thiazole rings is 1. The molecule has 1 aliphatic rings. The van der Waals surface area contributed by atoms with E-state index >= 15 is 0 Å². The van der Waals surface area contributed by atoms with Gasteiger partial charge in [-0.1, -0.05) is 18.5 Å². The summed E-state index contributed by atoms with van der Waals surface area (Å²) in [5, 5.41) is 4.80. The fourth-order valence-electron chi connectivity index (χ4n) is 2.44. The van der Waals surface area contributed by atoms with E-state index < -0.39 is 0 Å². The number of rotatable bonds is 5. The Labute approximate surface area is 140 Å². The molecule has 1 N–H and O–H groups in total. The highest BCUT2D eigenvalue weighted by Crippen LogP contribution is 2.39. The molecule has 0 aliphatic heterocycles. The Morgan fingerprint density at radius 2 is 2.30 bits per heavy atom. The van der Waals surface area contributed by atoms with E-state index in [-0.39, 0.29) is 6.04 Å². The highest BCUT2D eigenvalue weighted by atomic mass is 79.9. The van der Waals surface area contributed by atoms with E-state index in [1.165, 1.54) is 33.3 Å². The van der Waals surface area contributed by atoms with Gasteiger partial charge in [-0.25, -0.2) is 4.98 Å². The van der Waals surface area contributed by atoms with Gasteiger partial charge in [0.15, 0.2) is 0 Å². The quantitative estimate of drug-likeness (QED) is 0.758. The Hall–Kier alpha value is 0.0600. The van der Waals surface area contributed by atoms with E-state index in [0.29, 0.717) is 0 Å². The molecule has 0 saturated heterocycles. The van der Waals surface area contributed by atoms with Gasteiger partial charge in [0.1, 0.15) is 9.34 Å². The van der Waals surface area contributed by atoms with Crippen molar-refractivity contribution in [1.29, 1.82) is 0 Å². The molecule has 1 aliphatic carbocycles. The van der Waals surface area contributed by atoms with E-state index in [2.05, 4.69) is 34.2 Å². The van der Waals surface area contributed by atoms with Crippen molar-refractivity contribution in [1.82, 2.24) is 10.3 Å². The molecule has 108 valence electrons. The summed E-state index contributed by atoms with van der Waals surface area (Å²) >= 11 is 13.2. The van der Waals surface area contributed by atoms with Gasteiger partial charge in [0.2, 0.25) is 0 Å². The third-order valence-corrected chi connectivity index (χ3v) is 7.17. The van der Waals surface area contributed by atoms with E-state index in [0.717, 1.165) is 28.2 Å². The van der Waals surface area contributed by atoms with Crippen molar-refractivity contribution in [2.24, 2.45) is 0 Å². The molecule has 2 heterocycles. The summed E-state index contributed by atoms with van der Waals surface area (Å²) in [6.45, 7) is 3.17. The Bertz CT molecular complexity index is 567. The molecule has 2 aromatic rings. The number of fused-ring (bicyclic) bond motifs is 1. The molecule has 0 fully saturated rings. The van der Waals surface area contributed by atoms with Gasteiger partial charge < -0.3 is 5.32 Å². The lowest BCUT2D eigenvalue weighted by Gasteiger charge is -2.14. The SMILES string of the molecule is CCCNC(c1cc(Br)c(Cl)s1)c1nc2c(s1)CCC2. The minimum Gasteiger partial charge on any atom is -0.304 e. The fraction of sp³-hybridized carbons (Fsp3) is 0.500. The number of nitrogens with one attached hydrogen (secondary N) is 1. The lowest BCUT2D eigenvalue weighted by atomic mass is 10.2. The standard InChI is InChI=1S/C14H16BrClN2S2/c1-2-6-17-12(11-7-8(15)13(16)19-11)14-18-9-4-3-5-10(9)20-14/h7,12,17H,2-6H2,1H3. The van der Waals surface area contributed by atoms with Crippen LogP contribution in [0.5, 0.6) is 0 Å². The number of hydrogen-bond donors (Lipinski definition) is 1. The third kappa shape index (κ3) is 2.97. The van der Waals surface area contributed by atoms with Crippen LogP contribution in [-0.4, -0.2) is 11.5 Å². The maximum atomic E-state index is 6.20. The Kier molecular flexibility index (Phi) is 4.82. The average molecular weight is 392 g/mol. The summed E-state index contributed by atoms with van der Waals surface area (Å²) in [6.07, 6.45) is 4.71. The van der Waals surface area contributed by atoms with Crippen LogP contribution in [0, 0.1) is 0 Å². The van der Waals surface area contributed by atoms with Crippen molar-refractivity contribution in [2.75, 3.05) is 6.54 Å². The topological polar surface area (TPSA) is 24.9 Å². The van der Waals surface area contributed by atoms with Gasteiger partial charge in [0, 0.05) is 14.2 Å². The number of aromatic nitrogens is 1. The van der Waals surface area contributed by atoms with Crippen molar-refractivity contribution in [3.8, 4) is 0 Å². The zero-order valence-corrected chi connectivity index (χ0v) is 15.2. The normalized spacial score (nSPS) is 15.6. The lowest BCUT2D eigenvalue weighted by Crippen LogP contribution is -2.22. The molecule has 0 aromatic carbocycles. The van der Waals surface area contributed by atoms with Crippen molar-refractivity contribution in [2.45, 2.75) is 38.6 Å². The van der Waals surface area contributed by atoms with Crippen molar-refractivity contribution < 1.29 is 0 Å². The number of thiophene rings is 1. The molecule has 20 heavy (non-hydrogen) atoms. The Balaban J connectivity index is 1.92. The molecule has 2 nitrogen and oxygen atoms in total. The van der Waals surface area contributed by atoms with Crippen LogP contribution in [0.1, 0.15) is 46.3 Å². The average Bonchev–Trinajstić information content (AvgIpc) is 3.06. The van der Waals surface area contributed by atoms with Crippen LogP contribution in [0.4, 0.5) is 0 Å². The van der Waals surface area contributed by atoms with Crippen LogP contribution < -0.4 is 5.32 Å². The summed E-state index contributed by atoms with van der Waals surface area (Å²) in [4.78, 5) is 7.58. The zero-order chi connectivity index (χ0) is 14.1. The molecule has 0 spiro atoms. The third-order valence-electron chi connectivity index (χ3n) is 3.41. The van der Waals surface area contributed by atoms with Crippen molar-refractivity contribution in [3.63, 3.8) is 0 Å². The second-order valence-electron chi connectivity index (χ2n) is 4.93. The summed E-state index contributed by atoms with van der Waals surface area (Å²) in [6, 6.07) is 2.30. The smallest absolute Gasteiger partial charge is 0.115 e.